The number of aliphatic hydroxyl groups excluding tert-OH is 1. The maximum atomic E-state index is 13.2. The van der Waals surface area contributed by atoms with E-state index < -0.39 is 45.1 Å². The van der Waals surface area contributed by atoms with Gasteiger partial charge in [0.2, 0.25) is 0 Å². The number of allylic oxidation sites excluding steroid dienone is 3. The molecule has 0 aromatic heterocycles. The molecule has 9 heteroatoms. The van der Waals surface area contributed by atoms with Crippen LogP contribution >= 0.6 is 0 Å². The first-order valence-corrected chi connectivity index (χ1v) is 12.8. The molecule has 0 aliphatic heterocycles. The van der Waals surface area contributed by atoms with Gasteiger partial charge < -0.3 is 21.1 Å². The smallest absolute Gasteiger partial charge is 0.268 e. The van der Waals surface area contributed by atoms with Gasteiger partial charge in [0.15, 0.2) is 0 Å². The van der Waals surface area contributed by atoms with Gasteiger partial charge in [-0.25, -0.2) is 13.1 Å². The highest BCUT2D eigenvalue weighted by atomic mass is 32.2. The van der Waals surface area contributed by atoms with E-state index in [-0.39, 0.29) is 29.2 Å². The zero-order valence-corrected chi connectivity index (χ0v) is 20.4. The van der Waals surface area contributed by atoms with Crippen molar-refractivity contribution in [2.24, 2.45) is 11.7 Å². The van der Waals surface area contributed by atoms with Crippen molar-refractivity contribution in [3.8, 4) is 11.5 Å². The van der Waals surface area contributed by atoms with E-state index in [9.17, 15) is 23.4 Å². The SMILES string of the molecule is C=C(C)C1CCC(C)=CC1c1c(O)cc(CCCCC)c(S(=O)(=O)NC(=O)C(N)CO)c1O. The fourth-order valence-electron chi connectivity index (χ4n) is 4.33. The Bertz CT molecular complexity index is 1030. The number of phenolic OH excluding ortho intramolecular Hbond substituents is 2. The summed E-state index contributed by atoms with van der Waals surface area (Å²) in [5.74, 6) is -2.42. The van der Waals surface area contributed by atoms with E-state index in [1.807, 2.05) is 31.6 Å². The molecule has 0 fully saturated rings. The van der Waals surface area contributed by atoms with Crippen LogP contribution in [0.1, 0.15) is 69.9 Å². The van der Waals surface area contributed by atoms with Gasteiger partial charge in [0.1, 0.15) is 22.4 Å². The number of hydrogen-bond donors (Lipinski definition) is 5. The van der Waals surface area contributed by atoms with Crippen molar-refractivity contribution in [3.05, 3.63) is 41.0 Å². The van der Waals surface area contributed by atoms with Gasteiger partial charge in [0.25, 0.3) is 15.9 Å². The van der Waals surface area contributed by atoms with Crippen LogP contribution in [-0.2, 0) is 21.2 Å². The van der Waals surface area contributed by atoms with E-state index in [1.54, 1.807) is 0 Å². The predicted octanol–water partition coefficient (Wildman–Crippen LogP) is 2.97. The summed E-state index contributed by atoms with van der Waals surface area (Å²) in [7, 11) is -4.54. The molecule has 1 amide bonds. The number of amides is 1. The molecule has 0 saturated heterocycles. The van der Waals surface area contributed by atoms with E-state index in [0.717, 1.165) is 36.8 Å². The number of benzene rings is 1. The van der Waals surface area contributed by atoms with Crippen LogP contribution < -0.4 is 10.5 Å². The first-order valence-electron chi connectivity index (χ1n) is 11.3. The zero-order chi connectivity index (χ0) is 24.9. The number of aliphatic hydroxyl groups is 1. The van der Waals surface area contributed by atoms with Gasteiger partial charge in [-0.3, -0.25) is 4.79 Å². The number of nitrogens with two attached hydrogens (primary N) is 1. The molecule has 6 N–H and O–H groups in total. The molecule has 3 unspecified atom stereocenters. The Morgan fingerprint density at radius 2 is 2.00 bits per heavy atom. The number of nitrogens with one attached hydrogen (secondary N) is 1. The third kappa shape index (κ3) is 6.16. The Balaban J connectivity index is 2.71. The number of carbonyl (C=O) groups excluding carboxylic acids is 1. The number of rotatable bonds is 10. The number of sulfonamides is 1. The Morgan fingerprint density at radius 3 is 2.58 bits per heavy atom. The van der Waals surface area contributed by atoms with Crippen molar-refractivity contribution >= 4 is 15.9 Å². The second kappa shape index (κ2) is 11.2. The minimum atomic E-state index is -4.54. The summed E-state index contributed by atoms with van der Waals surface area (Å²) in [5, 5.41) is 31.3. The van der Waals surface area contributed by atoms with Crippen LogP contribution in [0, 0.1) is 5.92 Å². The maximum Gasteiger partial charge on any atom is 0.268 e. The molecule has 1 aliphatic carbocycles. The third-order valence-corrected chi connectivity index (χ3v) is 7.61. The summed E-state index contributed by atoms with van der Waals surface area (Å²) in [4.78, 5) is 11.7. The quantitative estimate of drug-likeness (QED) is 0.255. The van der Waals surface area contributed by atoms with E-state index in [0.29, 0.717) is 6.42 Å². The Labute approximate surface area is 196 Å². The molecule has 33 heavy (non-hydrogen) atoms. The molecule has 0 saturated carbocycles. The number of aryl methyl sites for hydroxylation is 1. The van der Waals surface area contributed by atoms with Gasteiger partial charge in [-0.1, -0.05) is 43.6 Å². The van der Waals surface area contributed by atoms with Gasteiger partial charge in [-0.05, 0) is 57.1 Å². The molecule has 0 bridgehead atoms. The molecule has 8 nitrogen and oxygen atoms in total. The molecule has 1 aromatic rings. The van der Waals surface area contributed by atoms with Crippen LogP contribution in [0.15, 0.2) is 34.8 Å². The molecule has 3 atom stereocenters. The standard InChI is InChI=1S/C24H36N2O6S/c1-5-6-7-8-16-12-20(28)21(18-11-15(4)9-10-17(18)14(2)3)22(29)23(16)33(31,32)26-24(30)19(25)13-27/h11-12,17-19,27-29H,2,5-10,13,25H2,1,3-4H3,(H,26,30). The lowest BCUT2D eigenvalue weighted by Gasteiger charge is -2.32. The van der Waals surface area contributed by atoms with Crippen molar-refractivity contribution in [1.29, 1.82) is 0 Å². The third-order valence-electron chi connectivity index (χ3n) is 6.15. The second-order valence-corrected chi connectivity index (χ2v) is 10.5. The number of carbonyl (C=O) groups is 1. The van der Waals surface area contributed by atoms with Gasteiger partial charge in [0, 0.05) is 11.5 Å². The molecule has 0 heterocycles. The van der Waals surface area contributed by atoms with E-state index >= 15 is 0 Å². The average molecular weight is 481 g/mol. The Morgan fingerprint density at radius 1 is 1.33 bits per heavy atom. The first-order chi connectivity index (χ1) is 15.4. The van der Waals surface area contributed by atoms with Crippen molar-refractivity contribution in [3.63, 3.8) is 0 Å². The zero-order valence-electron chi connectivity index (χ0n) is 19.6. The van der Waals surface area contributed by atoms with Crippen molar-refractivity contribution in [2.75, 3.05) is 6.61 Å². The molecule has 1 aromatic carbocycles. The summed E-state index contributed by atoms with van der Waals surface area (Å²) in [6.45, 7) is 9.13. The lowest BCUT2D eigenvalue weighted by atomic mass is 9.73. The predicted molar refractivity (Wildman–Crippen MR) is 127 cm³/mol. The molecular weight excluding hydrogens is 444 g/mol. The van der Waals surface area contributed by atoms with Gasteiger partial charge >= 0.3 is 0 Å². The van der Waals surface area contributed by atoms with Crippen molar-refractivity contribution < 1.29 is 28.5 Å². The Kier molecular flexibility index (Phi) is 9.11. The van der Waals surface area contributed by atoms with Crippen LogP contribution in [-0.4, -0.2) is 42.3 Å². The average Bonchev–Trinajstić information content (AvgIpc) is 2.72. The number of unbranched alkanes of at least 4 members (excludes halogenated alkanes) is 2. The maximum absolute atomic E-state index is 13.2. The summed E-state index contributed by atoms with van der Waals surface area (Å²) in [6, 6.07) is -0.0676. The summed E-state index contributed by atoms with van der Waals surface area (Å²) in [5.41, 5.74) is 7.70. The monoisotopic (exact) mass is 480 g/mol. The molecule has 0 radical (unpaired) electrons. The summed E-state index contributed by atoms with van der Waals surface area (Å²) >= 11 is 0. The van der Waals surface area contributed by atoms with Gasteiger partial charge in [-0.15, -0.1) is 0 Å². The lowest BCUT2D eigenvalue weighted by molar-refractivity contribution is -0.121. The molecule has 1 aliphatic rings. The van der Waals surface area contributed by atoms with Gasteiger partial charge in [-0.2, -0.15) is 0 Å². The minimum absolute atomic E-state index is 0.0932. The van der Waals surface area contributed by atoms with Crippen LogP contribution in [0.4, 0.5) is 0 Å². The van der Waals surface area contributed by atoms with Gasteiger partial charge in [0.05, 0.1) is 6.61 Å². The molecular formula is C24H36N2O6S. The van der Waals surface area contributed by atoms with Crippen LogP contribution in [0.5, 0.6) is 11.5 Å². The highest BCUT2D eigenvalue weighted by Crippen LogP contribution is 2.49. The van der Waals surface area contributed by atoms with E-state index in [4.69, 9.17) is 10.8 Å². The van der Waals surface area contributed by atoms with E-state index in [2.05, 4.69) is 6.58 Å². The first kappa shape index (κ1) is 26.9. The number of phenols is 2. The normalized spacial score (nSPS) is 19.6. The largest absolute Gasteiger partial charge is 0.507 e. The minimum Gasteiger partial charge on any atom is -0.507 e. The lowest BCUT2D eigenvalue weighted by Crippen LogP contribution is -2.45. The van der Waals surface area contributed by atoms with Crippen LogP contribution in [0.2, 0.25) is 0 Å². The topological polar surface area (TPSA) is 150 Å². The molecule has 2 rings (SSSR count). The van der Waals surface area contributed by atoms with Crippen molar-refractivity contribution in [2.45, 2.75) is 76.2 Å². The fourth-order valence-corrected chi connectivity index (χ4v) is 5.72. The molecule has 184 valence electrons. The number of aromatic hydroxyl groups is 2. The van der Waals surface area contributed by atoms with Crippen LogP contribution in [0.25, 0.3) is 0 Å². The van der Waals surface area contributed by atoms with Crippen molar-refractivity contribution in [1.82, 2.24) is 4.72 Å². The summed E-state index contributed by atoms with van der Waals surface area (Å²) < 4.78 is 28.3. The highest BCUT2D eigenvalue weighted by Gasteiger charge is 2.35. The highest BCUT2D eigenvalue weighted by molar-refractivity contribution is 7.90. The fraction of sp³-hybridized carbons (Fsp3) is 0.542. The Hall–Kier alpha value is -2.36. The molecule has 0 spiro atoms. The number of hydrogen-bond acceptors (Lipinski definition) is 7. The van der Waals surface area contributed by atoms with E-state index in [1.165, 1.54) is 6.07 Å². The summed E-state index contributed by atoms with van der Waals surface area (Å²) in [6.07, 6.45) is 6.16. The van der Waals surface area contributed by atoms with Crippen LogP contribution in [0.3, 0.4) is 0 Å². The second-order valence-electron chi connectivity index (χ2n) is 8.89.